The molecule has 210 valence electrons. The Kier molecular flexibility index (Phi) is 8.55. The summed E-state index contributed by atoms with van der Waals surface area (Å²) in [6.45, 7) is 2.22. The molecule has 1 heterocycles. The van der Waals surface area contributed by atoms with Gasteiger partial charge in [0.2, 0.25) is 5.82 Å². The van der Waals surface area contributed by atoms with Crippen LogP contribution in [0.25, 0.3) is 0 Å². The molecule has 0 aliphatic carbocycles. The molecule has 0 radical (unpaired) electrons. The van der Waals surface area contributed by atoms with Gasteiger partial charge < -0.3 is 14.8 Å². The van der Waals surface area contributed by atoms with Gasteiger partial charge in [-0.2, -0.15) is 5.10 Å². The molecule has 0 unspecified atom stereocenters. The number of anilines is 1. The highest BCUT2D eigenvalue weighted by atomic mass is 35.5. The Balaban J connectivity index is 1.57. The molecule has 1 aromatic heterocycles. The van der Waals surface area contributed by atoms with E-state index in [4.69, 9.17) is 32.7 Å². The number of amides is 1. The Morgan fingerprint density at radius 3 is 2.25 bits per heavy atom. The van der Waals surface area contributed by atoms with Gasteiger partial charge in [-0.05, 0) is 44.2 Å². The number of hydrogen-bond acceptors (Lipinski definition) is 4. The van der Waals surface area contributed by atoms with E-state index < -0.39 is 47.1 Å². The number of rotatable bonds is 8. The Hall–Kier alpha value is -3.83. The molecular weight excluding hydrogens is 580 g/mol. The second-order valence-corrected chi connectivity index (χ2v) is 9.36. The summed E-state index contributed by atoms with van der Waals surface area (Å²) in [7, 11) is 1.45. The van der Waals surface area contributed by atoms with Gasteiger partial charge >= 0.3 is 0 Å². The maximum absolute atomic E-state index is 14.2. The van der Waals surface area contributed by atoms with Crippen LogP contribution >= 0.6 is 23.2 Å². The number of halogens is 7. The van der Waals surface area contributed by atoms with E-state index in [1.165, 1.54) is 33.1 Å². The highest BCUT2D eigenvalue weighted by Gasteiger charge is 2.27. The second kappa shape index (κ2) is 11.7. The zero-order chi connectivity index (χ0) is 29.3. The molecule has 13 heteroatoms. The number of carbonyl (C=O) groups excluding carboxylic acids is 1. The van der Waals surface area contributed by atoms with Gasteiger partial charge in [0.1, 0.15) is 23.1 Å². The fourth-order valence-electron chi connectivity index (χ4n) is 3.94. The minimum absolute atomic E-state index is 0.0116. The fourth-order valence-corrected chi connectivity index (χ4v) is 4.29. The minimum atomic E-state index is -2.25. The molecule has 0 aliphatic rings. The Morgan fingerprint density at radius 1 is 0.950 bits per heavy atom. The topological polar surface area (TPSA) is 65.4 Å². The largest absolute Gasteiger partial charge is 0.496 e. The van der Waals surface area contributed by atoms with E-state index in [1.54, 1.807) is 24.3 Å². The molecule has 0 saturated carbocycles. The van der Waals surface area contributed by atoms with Crippen molar-refractivity contribution in [2.45, 2.75) is 27.0 Å². The van der Waals surface area contributed by atoms with Gasteiger partial charge in [0.25, 0.3) is 5.91 Å². The lowest BCUT2D eigenvalue weighted by atomic mass is 10.1. The van der Waals surface area contributed by atoms with Crippen LogP contribution in [0.5, 0.6) is 11.5 Å². The van der Waals surface area contributed by atoms with Crippen LogP contribution in [0.4, 0.5) is 27.6 Å². The first kappa shape index (κ1) is 29.2. The molecule has 6 nitrogen and oxygen atoms in total. The van der Waals surface area contributed by atoms with Crippen LogP contribution in [-0.4, -0.2) is 22.8 Å². The molecule has 4 rings (SSSR count). The average molecular weight is 600 g/mol. The first-order valence-electron chi connectivity index (χ1n) is 11.5. The van der Waals surface area contributed by atoms with Crippen LogP contribution in [0.15, 0.2) is 36.4 Å². The number of nitrogens with zero attached hydrogens (tertiary/aromatic N) is 2. The van der Waals surface area contributed by atoms with Crippen molar-refractivity contribution in [2.24, 2.45) is 0 Å². The number of nitrogens with one attached hydrogen (secondary N) is 1. The zero-order valence-electron chi connectivity index (χ0n) is 21.1. The third-order valence-corrected chi connectivity index (χ3v) is 6.87. The predicted molar refractivity (Wildman–Crippen MR) is 139 cm³/mol. The molecule has 0 saturated heterocycles. The number of hydrogen-bond donors (Lipinski definition) is 1. The minimum Gasteiger partial charge on any atom is -0.496 e. The molecule has 40 heavy (non-hydrogen) atoms. The highest BCUT2D eigenvalue weighted by Crippen LogP contribution is 2.33. The first-order valence-corrected chi connectivity index (χ1v) is 12.3. The van der Waals surface area contributed by atoms with Crippen molar-refractivity contribution in [3.63, 3.8) is 0 Å². The summed E-state index contributed by atoms with van der Waals surface area (Å²) in [6, 6.07) is 9.52. The van der Waals surface area contributed by atoms with Gasteiger partial charge in [0.15, 0.2) is 23.3 Å². The SMILES string of the molecule is COc1ccc(C(=O)Nc2c(C)nn(Cc3c(F)c(F)c(F)c(F)c3F)c2C)cc1COc1cccc(Cl)c1Cl. The molecular formula is C27H20Cl2F5N3O3. The monoisotopic (exact) mass is 599 g/mol. The summed E-state index contributed by atoms with van der Waals surface area (Å²) >= 11 is 12.2. The summed E-state index contributed by atoms with van der Waals surface area (Å²) in [6.07, 6.45) is 0. The van der Waals surface area contributed by atoms with E-state index in [2.05, 4.69) is 10.4 Å². The molecule has 0 fully saturated rings. The summed E-state index contributed by atoms with van der Waals surface area (Å²) < 4.78 is 81.3. The summed E-state index contributed by atoms with van der Waals surface area (Å²) in [5, 5.41) is 7.32. The molecule has 1 amide bonds. The van der Waals surface area contributed by atoms with Gasteiger partial charge in [-0.1, -0.05) is 29.3 Å². The van der Waals surface area contributed by atoms with Crippen LogP contribution < -0.4 is 14.8 Å². The van der Waals surface area contributed by atoms with Crippen LogP contribution in [0.1, 0.15) is 32.9 Å². The van der Waals surface area contributed by atoms with Crippen LogP contribution in [0, 0.1) is 42.9 Å². The van der Waals surface area contributed by atoms with Crippen LogP contribution in [0.3, 0.4) is 0 Å². The quantitative estimate of drug-likeness (QED) is 0.130. The molecule has 0 bridgehead atoms. The molecule has 3 aromatic carbocycles. The molecule has 0 atom stereocenters. The number of carbonyl (C=O) groups is 1. The van der Waals surface area contributed by atoms with Crippen molar-refractivity contribution in [3.05, 3.63) is 104 Å². The standard InChI is InChI=1S/C27H20Cl2F5N3O3/c1-12-26(13(2)37(36-12)10-16-21(30)23(32)25(34)24(33)22(16)31)35-27(38)14-7-8-18(39-3)15(9-14)11-40-19-6-4-5-17(28)20(19)29/h4-9H,10-11H2,1-3H3,(H,35,38). The average Bonchev–Trinajstić information content (AvgIpc) is 3.20. The summed E-state index contributed by atoms with van der Waals surface area (Å²) in [5.41, 5.74) is 0.349. The van der Waals surface area contributed by atoms with E-state index in [9.17, 15) is 26.7 Å². The van der Waals surface area contributed by atoms with Gasteiger partial charge in [-0.3, -0.25) is 9.48 Å². The number of ether oxygens (including phenoxy) is 2. The van der Waals surface area contributed by atoms with E-state index in [0.717, 1.165) is 4.68 Å². The lowest BCUT2D eigenvalue weighted by Crippen LogP contribution is -2.15. The van der Waals surface area contributed by atoms with E-state index in [-0.39, 0.29) is 34.3 Å². The Bertz CT molecular complexity index is 1600. The van der Waals surface area contributed by atoms with Crippen molar-refractivity contribution in [1.29, 1.82) is 0 Å². The Morgan fingerprint density at radius 2 is 1.60 bits per heavy atom. The fraction of sp³-hybridized carbons (Fsp3) is 0.185. The number of benzene rings is 3. The van der Waals surface area contributed by atoms with Gasteiger partial charge in [0, 0.05) is 11.1 Å². The third kappa shape index (κ3) is 5.57. The van der Waals surface area contributed by atoms with Gasteiger partial charge in [0.05, 0.1) is 41.3 Å². The zero-order valence-corrected chi connectivity index (χ0v) is 22.7. The third-order valence-electron chi connectivity index (χ3n) is 6.07. The molecule has 0 aliphatic heterocycles. The second-order valence-electron chi connectivity index (χ2n) is 8.57. The van der Waals surface area contributed by atoms with E-state index in [0.29, 0.717) is 22.1 Å². The van der Waals surface area contributed by atoms with Crippen molar-refractivity contribution in [2.75, 3.05) is 12.4 Å². The van der Waals surface area contributed by atoms with Crippen molar-refractivity contribution in [3.8, 4) is 11.5 Å². The molecule has 4 aromatic rings. The smallest absolute Gasteiger partial charge is 0.255 e. The Labute approximate surface area is 235 Å². The predicted octanol–water partition coefficient (Wildman–Crippen LogP) is 7.39. The van der Waals surface area contributed by atoms with Gasteiger partial charge in [-0.25, -0.2) is 22.0 Å². The highest BCUT2D eigenvalue weighted by molar-refractivity contribution is 6.42. The summed E-state index contributed by atoms with van der Waals surface area (Å²) in [4.78, 5) is 13.1. The number of aryl methyl sites for hydroxylation is 1. The molecule has 0 spiro atoms. The lowest BCUT2D eigenvalue weighted by Gasteiger charge is -2.14. The van der Waals surface area contributed by atoms with Gasteiger partial charge in [-0.15, -0.1) is 0 Å². The lowest BCUT2D eigenvalue weighted by molar-refractivity contribution is 0.102. The molecule has 1 N–H and O–H groups in total. The summed E-state index contributed by atoms with van der Waals surface area (Å²) in [5.74, 6) is -10.1. The number of aromatic nitrogens is 2. The number of methoxy groups -OCH3 is 1. The first-order chi connectivity index (χ1) is 18.9. The van der Waals surface area contributed by atoms with E-state index in [1.807, 2.05) is 0 Å². The normalized spacial score (nSPS) is 11.1. The van der Waals surface area contributed by atoms with Crippen molar-refractivity contribution >= 4 is 34.8 Å². The van der Waals surface area contributed by atoms with E-state index >= 15 is 0 Å². The van der Waals surface area contributed by atoms with Crippen LogP contribution in [0.2, 0.25) is 10.0 Å². The maximum Gasteiger partial charge on any atom is 0.255 e. The van der Waals surface area contributed by atoms with Crippen LogP contribution in [-0.2, 0) is 13.2 Å². The van der Waals surface area contributed by atoms with Crippen molar-refractivity contribution in [1.82, 2.24) is 9.78 Å². The maximum atomic E-state index is 14.2. The van der Waals surface area contributed by atoms with Crippen molar-refractivity contribution < 1.29 is 36.2 Å².